The van der Waals surface area contributed by atoms with Crippen molar-refractivity contribution in [2.24, 2.45) is 0 Å². The molecule has 0 amide bonds. The van der Waals surface area contributed by atoms with Gasteiger partial charge in [0.1, 0.15) is 5.76 Å². The monoisotopic (exact) mass is 151 g/mol. The molecule has 58 valence electrons. The molecule has 1 unspecified atom stereocenters. The van der Waals surface area contributed by atoms with Gasteiger partial charge in [-0.05, 0) is 13.0 Å². The van der Waals surface area contributed by atoms with Crippen LogP contribution in [0, 0.1) is 18.3 Å². The average Bonchev–Trinajstić information content (AvgIpc) is 2.36. The second-order valence-corrected chi connectivity index (χ2v) is 2.31. The molecule has 3 nitrogen and oxygen atoms in total. The third kappa shape index (κ3) is 1.60. The highest BCUT2D eigenvalue weighted by Gasteiger charge is 2.11. The summed E-state index contributed by atoms with van der Waals surface area (Å²) in [5.74, 6) is 0.674. The van der Waals surface area contributed by atoms with E-state index in [1.165, 1.54) is 6.26 Å². The standard InChI is InChI=1S/C8H9NO2/c1-6-7(3-5-11-6)8(10)2-4-9/h3,5,8,10H,2H2,1H3. The highest BCUT2D eigenvalue weighted by Crippen LogP contribution is 2.20. The first-order valence-corrected chi connectivity index (χ1v) is 3.34. The van der Waals surface area contributed by atoms with E-state index in [9.17, 15) is 5.11 Å². The summed E-state index contributed by atoms with van der Waals surface area (Å²) in [6, 6.07) is 3.57. The average molecular weight is 151 g/mol. The highest BCUT2D eigenvalue weighted by molar-refractivity contribution is 5.19. The zero-order chi connectivity index (χ0) is 8.27. The number of nitriles is 1. The van der Waals surface area contributed by atoms with Crippen molar-refractivity contribution in [3.63, 3.8) is 0 Å². The summed E-state index contributed by atoms with van der Waals surface area (Å²) in [6.45, 7) is 1.76. The van der Waals surface area contributed by atoms with Crippen LogP contribution >= 0.6 is 0 Å². The van der Waals surface area contributed by atoms with Crippen LogP contribution in [0.25, 0.3) is 0 Å². The predicted octanol–water partition coefficient (Wildman–Crippen LogP) is 1.54. The predicted molar refractivity (Wildman–Crippen MR) is 38.6 cm³/mol. The quantitative estimate of drug-likeness (QED) is 0.697. The third-order valence-corrected chi connectivity index (χ3v) is 1.54. The van der Waals surface area contributed by atoms with Crippen LogP contribution in [-0.4, -0.2) is 5.11 Å². The fraction of sp³-hybridized carbons (Fsp3) is 0.375. The minimum atomic E-state index is -0.709. The van der Waals surface area contributed by atoms with E-state index in [0.29, 0.717) is 11.3 Å². The van der Waals surface area contributed by atoms with E-state index < -0.39 is 6.10 Å². The molecular formula is C8H9NO2. The lowest BCUT2D eigenvalue weighted by atomic mass is 10.1. The molecule has 1 aromatic rings. The van der Waals surface area contributed by atoms with Crippen molar-refractivity contribution in [3.8, 4) is 6.07 Å². The molecule has 3 heteroatoms. The lowest BCUT2D eigenvalue weighted by Crippen LogP contribution is -1.95. The highest BCUT2D eigenvalue weighted by atomic mass is 16.3. The molecule has 0 aliphatic carbocycles. The second kappa shape index (κ2) is 3.22. The Morgan fingerprint density at radius 2 is 2.55 bits per heavy atom. The van der Waals surface area contributed by atoms with Crippen molar-refractivity contribution in [2.75, 3.05) is 0 Å². The van der Waals surface area contributed by atoms with Gasteiger partial charge in [0.15, 0.2) is 0 Å². The van der Waals surface area contributed by atoms with Gasteiger partial charge in [0, 0.05) is 5.56 Å². The van der Waals surface area contributed by atoms with Gasteiger partial charge in [0.25, 0.3) is 0 Å². The van der Waals surface area contributed by atoms with Crippen LogP contribution in [0.1, 0.15) is 23.8 Å². The number of nitrogens with zero attached hydrogens (tertiary/aromatic N) is 1. The summed E-state index contributed by atoms with van der Waals surface area (Å²) < 4.78 is 4.96. The topological polar surface area (TPSA) is 57.2 Å². The SMILES string of the molecule is Cc1occc1C(O)CC#N. The molecule has 1 atom stereocenters. The van der Waals surface area contributed by atoms with E-state index in [4.69, 9.17) is 9.68 Å². The van der Waals surface area contributed by atoms with E-state index in [1.54, 1.807) is 13.0 Å². The largest absolute Gasteiger partial charge is 0.469 e. The third-order valence-electron chi connectivity index (χ3n) is 1.54. The Kier molecular flexibility index (Phi) is 2.29. The van der Waals surface area contributed by atoms with Gasteiger partial charge in [-0.2, -0.15) is 5.26 Å². The Morgan fingerprint density at radius 1 is 1.82 bits per heavy atom. The summed E-state index contributed by atoms with van der Waals surface area (Å²) in [5, 5.41) is 17.6. The van der Waals surface area contributed by atoms with Crippen LogP contribution in [-0.2, 0) is 0 Å². The zero-order valence-corrected chi connectivity index (χ0v) is 6.24. The lowest BCUT2D eigenvalue weighted by molar-refractivity contribution is 0.181. The van der Waals surface area contributed by atoms with Crippen molar-refractivity contribution < 1.29 is 9.52 Å². The van der Waals surface area contributed by atoms with Crippen LogP contribution in [0.15, 0.2) is 16.7 Å². The van der Waals surface area contributed by atoms with Gasteiger partial charge in [0.2, 0.25) is 0 Å². The Balaban J connectivity index is 2.77. The van der Waals surface area contributed by atoms with Crippen molar-refractivity contribution in [1.29, 1.82) is 5.26 Å². The molecule has 0 bridgehead atoms. The van der Waals surface area contributed by atoms with E-state index in [2.05, 4.69) is 0 Å². The normalized spacial score (nSPS) is 12.5. The summed E-state index contributed by atoms with van der Waals surface area (Å²) in [7, 11) is 0. The van der Waals surface area contributed by atoms with Crippen molar-refractivity contribution in [2.45, 2.75) is 19.4 Å². The first-order chi connectivity index (χ1) is 5.25. The molecule has 1 heterocycles. The van der Waals surface area contributed by atoms with Crippen LogP contribution in [0.2, 0.25) is 0 Å². The fourth-order valence-corrected chi connectivity index (χ4v) is 0.937. The number of aryl methyl sites for hydroxylation is 1. The van der Waals surface area contributed by atoms with E-state index >= 15 is 0 Å². The van der Waals surface area contributed by atoms with E-state index in [1.807, 2.05) is 6.07 Å². The molecule has 11 heavy (non-hydrogen) atoms. The van der Waals surface area contributed by atoms with Gasteiger partial charge in [-0.1, -0.05) is 0 Å². The van der Waals surface area contributed by atoms with Crippen molar-refractivity contribution >= 4 is 0 Å². The number of hydrogen-bond donors (Lipinski definition) is 1. The summed E-state index contributed by atoms with van der Waals surface area (Å²) in [5.41, 5.74) is 0.701. The summed E-state index contributed by atoms with van der Waals surface area (Å²) in [6.07, 6.45) is 0.907. The molecule has 1 rings (SSSR count). The second-order valence-electron chi connectivity index (χ2n) is 2.31. The first kappa shape index (κ1) is 7.83. The molecule has 0 saturated heterocycles. The molecule has 0 saturated carbocycles. The smallest absolute Gasteiger partial charge is 0.106 e. The maximum Gasteiger partial charge on any atom is 0.106 e. The van der Waals surface area contributed by atoms with Crippen LogP contribution in [0.4, 0.5) is 0 Å². The lowest BCUT2D eigenvalue weighted by Gasteiger charge is -2.02. The van der Waals surface area contributed by atoms with Gasteiger partial charge in [-0.25, -0.2) is 0 Å². The van der Waals surface area contributed by atoms with Crippen LogP contribution < -0.4 is 0 Å². The maximum atomic E-state index is 9.31. The van der Waals surface area contributed by atoms with Crippen LogP contribution in [0.5, 0.6) is 0 Å². The van der Waals surface area contributed by atoms with Crippen molar-refractivity contribution in [3.05, 3.63) is 23.7 Å². The molecule has 0 aromatic carbocycles. The molecule has 0 radical (unpaired) electrons. The number of aliphatic hydroxyl groups is 1. The first-order valence-electron chi connectivity index (χ1n) is 3.34. The van der Waals surface area contributed by atoms with E-state index in [0.717, 1.165) is 0 Å². The number of aliphatic hydroxyl groups excluding tert-OH is 1. The maximum absolute atomic E-state index is 9.31. The van der Waals surface area contributed by atoms with Crippen molar-refractivity contribution in [1.82, 2.24) is 0 Å². The fourth-order valence-electron chi connectivity index (χ4n) is 0.937. The molecule has 1 N–H and O–H groups in total. The summed E-state index contributed by atoms with van der Waals surface area (Å²) >= 11 is 0. The van der Waals surface area contributed by atoms with Crippen LogP contribution in [0.3, 0.4) is 0 Å². The molecule has 0 spiro atoms. The molecule has 0 aliphatic rings. The summed E-state index contributed by atoms with van der Waals surface area (Å²) in [4.78, 5) is 0. The Labute approximate surface area is 64.9 Å². The van der Waals surface area contributed by atoms with Gasteiger partial charge >= 0.3 is 0 Å². The number of furan rings is 1. The minimum absolute atomic E-state index is 0.111. The Hall–Kier alpha value is -1.27. The molecular weight excluding hydrogens is 142 g/mol. The van der Waals surface area contributed by atoms with Gasteiger partial charge < -0.3 is 9.52 Å². The number of rotatable bonds is 2. The zero-order valence-electron chi connectivity index (χ0n) is 6.24. The number of hydrogen-bond acceptors (Lipinski definition) is 3. The van der Waals surface area contributed by atoms with Gasteiger partial charge in [-0.3, -0.25) is 0 Å². The molecule has 0 aliphatic heterocycles. The molecule has 1 aromatic heterocycles. The van der Waals surface area contributed by atoms with Gasteiger partial charge in [-0.15, -0.1) is 0 Å². The van der Waals surface area contributed by atoms with Gasteiger partial charge in [0.05, 0.1) is 24.9 Å². The Bertz CT molecular complexity index is 272. The Morgan fingerprint density at radius 3 is 3.00 bits per heavy atom. The van der Waals surface area contributed by atoms with E-state index in [-0.39, 0.29) is 6.42 Å². The molecule has 0 fully saturated rings. The minimum Gasteiger partial charge on any atom is -0.469 e.